The van der Waals surface area contributed by atoms with Crippen molar-refractivity contribution in [2.75, 3.05) is 33.2 Å². The van der Waals surface area contributed by atoms with Gasteiger partial charge in [0.05, 0.1) is 0 Å². The summed E-state index contributed by atoms with van der Waals surface area (Å²) in [4.78, 5) is 4.91. The van der Waals surface area contributed by atoms with Crippen molar-refractivity contribution in [2.45, 2.75) is 70.8 Å². The van der Waals surface area contributed by atoms with Crippen LogP contribution in [-0.2, 0) is 6.42 Å². The highest BCUT2D eigenvalue weighted by molar-refractivity contribution is 7.80. The Bertz CT molecular complexity index is 512. The van der Waals surface area contributed by atoms with Crippen molar-refractivity contribution in [1.29, 1.82) is 0 Å². The third kappa shape index (κ3) is 8.61. The first-order valence-electron chi connectivity index (χ1n) is 11.0. The molecule has 0 atom stereocenters. The molecule has 3 nitrogen and oxygen atoms in total. The van der Waals surface area contributed by atoms with Crippen LogP contribution in [0.2, 0.25) is 0 Å². The van der Waals surface area contributed by atoms with E-state index in [1.807, 2.05) is 0 Å². The quantitative estimate of drug-likeness (QED) is 0.430. The van der Waals surface area contributed by atoms with Gasteiger partial charge in [0.1, 0.15) is 0 Å². The van der Waals surface area contributed by atoms with Crippen LogP contribution >= 0.6 is 12.2 Å². The summed E-state index contributed by atoms with van der Waals surface area (Å²) >= 11 is 5.82. The maximum atomic E-state index is 5.82. The van der Waals surface area contributed by atoms with Gasteiger partial charge in [0, 0.05) is 19.1 Å². The number of hydrogen-bond donors (Lipinski definition) is 1. The van der Waals surface area contributed by atoms with E-state index in [1.54, 1.807) is 0 Å². The van der Waals surface area contributed by atoms with Gasteiger partial charge in [-0.25, -0.2) is 0 Å². The van der Waals surface area contributed by atoms with Crippen molar-refractivity contribution >= 4 is 17.3 Å². The molecule has 152 valence electrons. The van der Waals surface area contributed by atoms with Crippen molar-refractivity contribution in [3.63, 3.8) is 0 Å². The molecule has 1 heterocycles. The first-order chi connectivity index (χ1) is 13.2. The van der Waals surface area contributed by atoms with E-state index in [2.05, 4.69) is 59.4 Å². The minimum Gasteiger partial charge on any atom is -0.363 e. The molecule has 0 spiro atoms. The summed E-state index contributed by atoms with van der Waals surface area (Å²) in [6.45, 7) is 6.65. The maximum Gasteiger partial charge on any atom is 0.169 e. The predicted molar refractivity (Wildman–Crippen MR) is 121 cm³/mol. The fraction of sp³-hybridized carbons (Fsp3) is 0.696. The molecule has 1 aromatic rings. The van der Waals surface area contributed by atoms with E-state index in [0.717, 1.165) is 24.6 Å². The summed E-state index contributed by atoms with van der Waals surface area (Å²) < 4.78 is 0. The Labute approximate surface area is 172 Å². The first-order valence-corrected chi connectivity index (χ1v) is 11.4. The molecule has 0 amide bonds. The minimum atomic E-state index is 0.578. The highest BCUT2D eigenvalue weighted by atomic mass is 32.1. The summed E-state index contributed by atoms with van der Waals surface area (Å²) in [5, 5.41) is 4.53. The zero-order valence-corrected chi connectivity index (χ0v) is 18.3. The van der Waals surface area contributed by atoms with Crippen molar-refractivity contribution in [3.8, 4) is 0 Å². The van der Waals surface area contributed by atoms with Crippen LogP contribution in [0.1, 0.15) is 63.9 Å². The van der Waals surface area contributed by atoms with Gasteiger partial charge in [0.15, 0.2) is 5.11 Å². The van der Waals surface area contributed by atoms with Crippen LogP contribution in [0.25, 0.3) is 0 Å². The van der Waals surface area contributed by atoms with Crippen LogP contribution in [0.4, 0.5) is 0 Å². The van der Waals surface area contributed by atoms with Crippen LogP contribution in [0, 0.1) is 0 Å². The Balaban J connectivity index is 1.80. The van der Waals surface area contributed by atoms with E-state index in [4.69, 9.17) is 12.2 Å². The topological polar surface area (TPSA) is 18.5 Å². The monoisotopic (exact) mass is 389 g/mol. The molecule has 0 aliphatic carbocycles. The lowest BCUT2D eigenvalue weighted by atomic mass is 10.0. The lowest BCUT2D eigenvalue weighted by molar-refractivity contribution is 0.175. The lowest BCUT2D eigenvalue weighted by Crippen LogP contribution is -2.50. The van der Waals surface area contributed by atoms with Gasteiger partial charge in [-0.15, -0.1) is 0 Å². The van der Waals surface area contributed by atoms with Gasteiger partial charge in [-0.3, -0.25) is 0 Å². The van der Waals surface area contributed by atoms with E-state index < -0.39 is 0 Å². The van der Waals surface area contributed by atoms with Crippen LogP contribution in [-0.4, -0.2) is 54.2 Å². The van der Waals surface area contributed by atoms with Crippen molar-refractivity contribution in [1.82, 2.24) is 15.1 Å². The maximum absolute atomic E-state index is 5.82. The number of nitrogens with one attached hydrogen (secondary N) is 1. The zero-order valence-electron chi connectivity index (χ0n) is 17.5. The second-order valence-electron chi connectivity index (χ2n) is 7.96. The highest BCUT2D eigenvalue weighted by Gasteiger charge is 2.24. The van der Waals surface area contributed by atoms with E-state index >= 15 is 0 Å². The van der Waals surface area contributed by atoms with Gasteiger partial charge in [-0.2, -0.15) is 0 Å². The Hall–Kier alpha value is -1.13. The lowest BCUT2D eigenvalue weighted by Gasteiger charge is -2.39. The number of unbranched alkanes of at least 4 members (excludes halogenated alkanes) is 5. The van der Waals surface area contributed by atoms with Crippen molar-refractivity contribution < 1.29 is 0 Å². The summed E-state index contributed by atoms with van der Waals surface area (Å²) in [6, 6.07) is 11.4. The van der Waals surface area contributed by atoms with Crippen LogP contribution in [0.3, 0.4) is 0 Å². The molecular weight excluding hydrogens is 350 g/mol. The molecular formula is C23H39N3S. The number of nitrogens with zero attached hydrogens (tertiary/aromatic N) is 2. The molecule has 0 unspecified atom stereocenters. The number of rotatable bonds is 11. The van der Waals surface area contributed by atoms with Crippen molar-refractivity contribution in [2.24, 2.45) is 0 Å². The fourth-order valence-electron chi connectivity index (χ4n) is 3.85. The predicted octanol–water partition coefficient (Wildman–Crippen LogP) is 4.86. The minimum absolute atomic E-state index is 0.578. The van der Waals surface area contributed by atoms with E-state index in [0.29, 0.717) is 6.04 Å². The largest absolute Gasteiger partial charge is 0.363 e. The van der Waals surface area contributed by atoms with Gasteiger partial charge >= 0.3 is 0 Å². The molecule has 1 aliphatic heterocycles. The molecule has 1 aliphatic rings. The number of likely N-dealkylation sites (tertiary alicyclic amines) is 1. The third-order valence-electron chi connectivity index (χ3n) is 5.68. The fourth-order valence-corrected chi connectivity index (χ4v) is 4.20. The zero-order chi connectivity index (χ0) is 19.3. The molecule has 4 heteroatoms. The van der Waals surface area contributed by atoms with Gasteiger partial charge in [0.2, 0.25) is 0 Å². The Kier molecular flexibility index (Phi) is 10.8. The van der Waals surface area contributed by atoms with Gasteiger partial charge in [-0.05, 0) is 63.6 Å². The molecule has 0 bridgehead atoms. The average molecular weight is 390 g/mol. The molecule has 1 fully saturated rings. The summed E-state index contributed by atoms with van der Waals surface area (Å²) in [5.41, 5.74) is 1.40. The number of piperidine rings is 1. The SMILES string of the molecule is CCCCCCCCNC(=S)N(CCc1ccccc1)C1CCN(C)CC1. The molecule has 0 radical (unpaired) electrons. The van der Waals surface area contributed by atoms with E-state index in [-0.39, 0.29) is 0 Å². The molecule has 2 rings (SSSR count). The van der Waals surface area contributed by atoms with Crippen LogP contribution in [0.5, 0.6) is 0 Å². The Morgan fingerprint density at radius 3 is 2.44 bits per heavy atom. The molecule has 1 aromatic carbocycles. The Morgan fingerprint density at radius 1 is 1.07 bits per heavy atom. The number of benzene rings is 1. The Morgan fingerprint density at radius 2 is 1.74 bits per heavy atom. The van der Waals surface area contributed by atoms with Crippen molar-refractivity contribution in [3.05, 3.63) is 35.9 Å². The number of hydrogen-bond acceptors (Lipinski definition) is 2. The van der Waals surface area contributed by atoms with Gasteiger partial charge in [0.25, 0.3) is 0 Å². The molecule has 1 N–H and O–H groups in total. The van der Waals surface area contributed by atoms with Gasteiger partial charge < -0.3 is 15.1 Å². The number of thiocarbonyl (C=S) groups is 1. The summed E-state index contributed by atoms with van der Waals surface area (Å²) in [6.07, 6.45) is 11.4. The normalized spacial score (nSPS) is 15.6. The smallest absolute Gasteiger partial charge is 0.169 e. The highest BCUT2D eigenvalue weighted by Crippen LogP contribution is 2.17. The molecule has 1 saturated heterocycles. The summed E-state index contributed by atoms with van der Waals surface area (Å²) in [5.74, 6) is 0. The second kappa shape index (κ2) is 13.1. The average Bonchev–Trinajstić information content (AvgIpc) is 2.69. The van der Waals surface area contributed by atoms with E-state index in [1.165, 1.54) is 70.0 Å². The molecule has 0 saturated carbocycles. The molecule has 0 aromatic heterocycles. The van der Waals surface area contributed by atoms with Crippen LogP contribution < -0.4 is 5.32 Å². The third-order valence-corrected chi connectivity index (χ3v) is 6.06. The molecule has 27 heavy (non-hydrogen) atoms. The summed E-state index contributed by atoms with van der Waals surface area (Å²) in [7, 11) is 2.22. The standard InChI is InChI=1S/C23H39N3S/c1-3-4-5-6-7-11-17-24-23(27)26(22-15-18-25(2)19-16-22)20-14-21-12-9-8-10-13-21/h8-10,12-13,22H,3-7,11,14-20H2,1-2H3,(H,24,27). The second-order valence-corrected chi connectivity index (χ2v) is 8.35. The van der Waals surface area contributed by atoms with E-state index in [9.17, 15) is 0 Å². The van der Waals surface area contributed by atoms with Crippen LogP contribution in [0.15, 0.2) is 30.3 Å². The first kappa shape index (κ1) is 22.2. The van der Waals surface area contributed by atoms with Gasteiger partial charge in [-0.1, -0.05) is 69.4 Å².